The van der Waals surface area contributed by atoms with Crippen molar-refractivity contribution in [2.75, 3.05) is 21.3 Å². The predicted molar refractivity (Wildman–Crippen MR) is 154 cm³/mol. The molecule has 0 saturated carbocycles. The van der Waals surface area contributed by atoms with E-state index in [-0.39, 0.29) is 5.91 Å². The Morgan fingerprint density at radius 1 is 0.564 bits per heavy atom. The van der Waals surface area contributed by atoms with E-state index in [0.717, 1.165) is 28.3 Å². The fourth-order valence-electron chi connectivity index (χ4n) is 4.39. The highest BCUT2D eigenvalue weighted by Crippen LogP contribution is 2.31. The van der Waals surface area contributed by atoms with Crippen LogP contribution in [-0.4, -0.2) is 20.9 Å². The molecule has 0 fully saturated rings. The molecule has 0 radical (unpaired) electrons. The number of nitrogens with one attached hydrogen (secondary N) is 5. The van der Waals surface area contributed by atoms with Crippen molar-refractivity contribution in [1.82, 2.24) is 20.3 Å². The SMILES string of the molecule is CC1(c2ccc(Nc3nc(Nc4ccccc4)nc(Nc4ccccc4)n3)cc2)NC(=O)c2ccccc2N1. The lowest BCUT2D eigenvalue weighted by atomic mass is 9.96. The van der Waals surface area contributed by atoms with Crippen molar-refractivity contribution in [3.05, 3.63) is 120 Å². The van der Waals surface area contributed by atoms with E-state index in [1.165, 1.54) is 0 Å². The molecule has 1 unspecified atom stereocenters. The molecule has 0 aliphatic carbocycles. The normalized spacial score (nSPS) is 15.9. The van der Waals surface area contributed by atoms with E-state index in [1.54, 1.807) is 6.07 Å². The molecular formula is C30H26N8O. The summed E-state index contributed by atoms with van der Waals surface area (Å²) in [4.78, 5) is 26.4. The van der Waals surface area contributed by atoms with Crippen LogP contribution in [0.1, 0.15) is 22.8 Å². The zero-order valence-electron chi connectivity index (χ0n) is 21.1. The van der Waals surface area contributed by atoms with Gasteiger partial charge in [0.1, 0.15) is 5.66 Å². The molecule has 0 bridgehead atoms. The van der Waals surface area contributed by atoms with Crippen LogP contribution in [0.4, 0.5) is 40.6 Å². The van der Waals surface area contributed by atoms with Gasteiger partial charge in [-0.3, -0.25) is 4.79 Å². The quantitative estimate of drug-likeness (QED) is 0.176. The van der Waals surface area contributed by atoms with Gasteiger partial charge in [-0.15, -0.1) is 0 Å². The van der Waals surface area contributed by atoms with Crippen molar-refractivity contribution in [3.63, 3.8) is 0 Å². The molecule has 1 aliphatic rings. The molecule has 192 valence electrons. The number of nitrogens with zero attached hydrogens (tertiary/aromatic N) is 3. The van der Waals surface area contributed by atoms with E-state index in [0.29, 0.717) is 23.4 Å². The Bertz CT molecular complexity index is 1550. The first-order valence-electron chi connectivity index (χ1n) is 12.5. The second-order valence-electron chi connectivity index (χ2n) is 9.24. The fourth-order valence-corrected chi connectivity index (χ4v) is 4.39. The van der Waals surface area contributed by atoms with Gasteiger partial charge in [-0.1, -0.05) is 60.7 Å². The van der Waals surface area contributed by atoms with Crippen LogP contribution in [0.5, 0.6) is 0 Å². The Morgan fingerprint density at radius 2 is 1.03 bits per heavy atom. The molecule has 5 N–H and O–H groups in total. The van der Waals surface area contributed by atoms with Crippen LogP contribution in [0.25, 0.3) is 0 Å². The number of aromatic nitrogens is 3. The van der Waals surface area contributed by atoms with Gasteiger partial charge in [0.15, 0.2) is 0 Å². The number of rotatable bonds is 7. The van der Waals surface area contributed by atoms with Crippen molar-refractivity contribution in [2.24, 2.45) is 0 Å². The van der Waals surface area contributed by atoms with Crippen LogP contribution in [0, 0.1) is 0 Å². The molecule has 4 aromatic carbocycles. The Labute approximate surface area is 225 Å². The summed E-state index contributed by atoms with van der Waals surface area (Å²) in [5.74, 6) is 1.05. The summed E-state index contributed by atoms with van der Waals surface area (Å²) in [6.45, 7) is 1.94. The lowest BCUT2D eigenvalue weighted by molar-refractivity contribution is 0.0906. The summed E-state index contributed by atoms with van der Waals surface area (Å²) in [6, 6.07) is 34.7. The van der Waals surface area contributed by atoms with E-state index in [9.17, 15) is 4.79 Å². The average molecular weight is 515 g/mol. The molecule has 1 atom stereocenters. The summed E-state index contributed by atoms with van der Waals surface area (Å²) in [6.07, 6.45) is 0. The third kappa shape index (κ3) is 5.33. The number of amides is 1. The van der Waals surface area contributed by atoms with Crippen LogP contribution in [-0.2, 0) is 5.66 Å². The Morgan fingerprint density at radius 3 is 1.56 bits per heavy atom. The summed E-state index contributed by atoms with van der Waals surface area (Å²) in [5.41, 5.74) is 4.09. The molecule has 0 spiro atoms. The van der Waals surface area contributed by atoms with Crippen LogP contribution in [0.15, 0.2) is 109 Å². The molecule has 9 nitrogen and oxygen atoms in total. The molecule has 1 aliphatic heterocycles. The topological polar surface area (TPSA) is 116 Å². The summed E-state index contributed by atoms with van der Waals surface area (Å²) in [7, 11) is 0. The maximum atomic E-state index is 12.7. The number of anilines is 7. The monoisotopic (exact) mass is 514 g/mol. The van der Waals surface area contributed by atoms with Gasteiger partial charge >= 0.3 is 0 Å². The van der Waals surface area contributed by atoms with Crippen LogP contribution in [0.3, 0.4) is 0 Å². The van der Waals surface area contributed by atoms with Crippen LogP contribution < -0.4 is 26.6 Å². The number of hydrogen-bond acceptors (Lipinski definition) is 8. The molecule has 39 heavy (non-hydrogen) atoms. The summed E-state index contributed by atoms with van der Waals surface area (Å²) >= 11 is 0. The molecule has 0 saturated heterocycles. The maximum absolute atomic E-state index is 12.7. The van der Waals surface area contributed by atoms with E-state index >= 15 is 0 Å². The minimum Gasteiger partial charge on any atom is -0.359 e. The standard InChI is InChI=1S/C30H26N8O/c1-30(37-25-15-9-8-14-24(25)26(39)38-30)20-16-18-23(19-17-20)33-29-35-27(31-21-10-4-2-5-11-21)34-28(36-29)32-22-12-6-3-7-13-22/h2-19,37H,1H3,(H,38,39)(H3,31,32,33,34,35,36). The highest BCUT2D eigenvalue weighted by Gasteiger charge is 2.34. The first-order chi connectivity index (χ1) is 19.0. The van der Waals surface area contributed by atoms with E-state index < -0.39 is 5.66 Å². The highest BCUT2D eigenvalue weighted by atomic mass is 16.2. The maximum Gasteiger partial charge on any atom is 0.255 e. The lowest BCUT2D eigenvalue weighted by Crippen LogP contribution is -2.52. The van der Waals surface area contributed by atoms with Crippen molar-refractivity contribution >= 4 is 46.5 Å². The van der Waals surface area contributed by atoms with Gasteiger partial charge in [-0.2, -0.15) is 15.0 Å². The Balaban J connectivity index is 1.25. The van der Waals surface area contributed by atoms with Gasteiger partial charge in [0.05, 0.1) is 5.56 Å². The number of fused-ring (bicyclic) bond motifs is 1. The zero-order chi connectivity index (χ0) is 26.7. The molecule has 5 aromatic rings. The third-order valence-corrected chi connectivity index (χ3v) is 6.33. The van der Waals surface area contributed by atoms with Gasteiger partial charge in [-0.05, 0) is 61.0 Å². The molecular weight excluding hydrogens is 488 g/mol. The number of para-hydroxylation sites is 3. The van der Waals surface area contributed by atoms with E-state index in [2.05, 4.69) is 41.5 Å². The number of carbonyl (C=O) groups excluding carboxylic acids is 1. The van der Waals surface area contributed by atoms with Crippen molar-refractivity contribution in [1.29, 1.82) is 0 Å². The van der Waals surface area contributed by atoms with Crippen molar-refractivity contribution < 1.29 is 4.79 Å². The molecule has 1 amide bonds. The first kappa shape index (κ1) is 23.9. The van der Waals surface area contributed by atoms with Crippen LogP contribution >= 0.6 is 0 Å². The number of benzene rings is 4. The lowest BCUT2D eigenvalue weighted by Gasteiger charge is -2.38. The molecule has 9 heteroatoms. The first-order valence-corrected chi connectivity index (χ1v) is 12.5. The second-order valence-corrected chi connectivity index (χ2v) is 9.24. The number of carbonyl (C=O) groups is 1. The zero-order valence-corrected chi connectivity index (χ0v) is 21.1. The second kappa shape index (κ2) is 10.1. The van der Waals surface area contributed by atoms with E-state index in [4.69, 9.17) is 0 Å². The van der Waals surface area contributed by atoms with Gasteiger partial charge in [0.25, 0.3) is 5.91 Å². The van der Waals surface area contributed by atoms with Gasteiger partial charge in [0.2, 0.25) is 17.8 Å². The van der Waals surface area contributed by atoms with Gasteiger partial charge < -0.3 is 26.6 Å². The molecule has 1 aromatic heterocycles. The minimum atomic E-state index is -0.753. The average Bonchev–Trinajstić information content (AvgIpc) is 2.94. The highest BCUT2D eigenvalue weighted by molar-refractivity contribution is 6.02. The van der Waals surface area contributed by atoms with E-state index in [1.807, 2.05) is 110 Å². The predicted octanol–water partition coefficient (Wildman–Crippen LogP) is 6.13. The molecule has 2 heterocycles. The Kier molecular flexibility index (Phi) is 6.22. The minimum absolute atomic E-state index is 0.115. The van der Waals surface area contributed by atoms with Gasteiger partial charge in [-0.25, -0.2) is 0 Å². The fraction of sp³-hybridized carbons (Fsp3) is 0.0667. The Hall–Kier alpha value is -5.44. The van der Waals surface area contributed by atoms with Gasteiger partial charge in [0, 0.05) is 22.7 Å². The molecule has 6 rings (SSSR count). The van der Waals surface area contributed by atoms with Crippen molar-refractivity contribution in [3.8, 4) is 0 Å². The smallest absolute Gasteiger partial charge is 0.255 e. The summed E-state index contributed by atoms with van der Waals surface area (Å²) in [5, 5.41) is 16.3. The summed E-state index contributed by atoms with van der Waals surface area (Å²) < 4.78 is 0. The number of hydrogen-bond donors (Lipinski definition) is 5. The third-order valence-electron chi connectivity index (χ3n) is 6.33. The largest absolute Gasteiger partial charge is 0.359 e. The van der Waals surface area contributed by atoms with Crippen molar-refractivity contribution in [2.45, 2.75) is 12.6 Å². The van der Waals surface area contributed by atoms with Crippen LogP contribution in [0.2, 0.25) is 0 Å².